The predicted molar refractivity (Wildman–Crippen MR) is 131 cm³/mol. The van der Waals surface area contributed by atoms with Crippen LogP contribution in [-0.2, 0) is 7.05 Å². The van der Waals surface area contributed by atoms with Crippen molar-refractivity contribution < 1.29 is 4.79 Å². The van der Waals surface area contributed by atoms with Crippen molar-refractivity contribution >= 4 is 28.4 Å². The van der Waals surface area contributed by atoms with E-state index in [1.54, 1.807) is 31.0 Å². The van der Waals surface area contributed by atoms with Gasteiger partial charge in [0.1, 0.15) is 11.6 Å². The molecule has 0 aromatic carbocycles. The van der Waals surface area contributed by atoms with E-state index in [9.17, 15) is 4.79 Å². The maximum Gasteiger partial charge on any atom is 0.257 e. The highest BCUT2D eigenvalue weighted by molar-refractivity contribution is 6.04. The van der Waals surface area contributed by atoms with E-state index >= 15 is 0 Å². The molecule has 4 aromatic heterocycles. The Morgan fingerprint density at radius 3 is 2.62 bits per heavy atom. The van der Waals surface area contributed by atoms with Crippen LogP contribution in [0.15, 0.2) is 55.4 Å². The Labute approximate surface area is 197 Å². The summed E-state index contributed by atoms with van der Waals surface area (Å²) in [7, 11) is 1.95. The Bertz CT molecular complexity index is 1350. The van der Waals surface area contributed by atoms with Crippen LogP contribution in [0.2, 0.25) is 0 Å². The molecule has 0 radical (unpaired) electrons. The van der Waals surface area contributed by atoms with Gasteiger partial charge in [-0.3, -0.25) is 14.7 Å². The zero-order valence-corrected chi connectivity index (χ0v) is 19.1. The average molecular weight is 455 g/mol. The molecule has 0 unspecified atom stereocenters. The minimum Gasteiger partial charge on any atom is -0.354 e. The molecular weight excluding hydrogens is 428 g/mol. The van der Waals surface area contributed by atoms with Crippen LogP contribution in [0.1, 0.15) is 23.2 Å². The summed E-state index contributed by atoms with van der Waals surface area (Å²) in [4.78, 5) is 35.4. The van der Waals surface area contributed by atoms with Crippen molar-refractivity contribution in [1.82, 2.24) is 29.4 Å². The number of carbonyl (C=O) groups is 1. The molecule has 1 aliphatic heterocycles. The lowest BCUT2D eigenvalue weighted by molar-refractivity contribution is 0.102. The summed E-state index contributed by atoms with van der Waals surface area (Å²) < 4.78 is 1.94. The third-order valence-electron chi connectivity index (χ3n) is 6.63. The van der Waals surface area contributed by atoms with E-state index in [0.29, 0.717) is 11.4 Å². The third-order valence-corrected chi connectivity index (χ3v) is 6.63. The molecule has 5 heterocycles. The van der Waals surface area contributed by atoms with Crippen LogP contribution in [0.3, 0.4) is 0 Å². The molecule has 1 saturated heterocycles. The van der Waals surface area contributed by atoms with E-state index in [1.807, 2.05) is 36.0 Å². The molecule has 1 amide bonds. The lowest BCUT2D eigenvalue weighted by atomic mass is 10.1. The lowest BCUT2D eigenvalue weighted by Gasteiger charge is -2.35. The number of imidazole rings is 1. The Kier molecular flexibility index (Phi) is 5.18. The zero-order chi connectivity index (χ0) is 23.1. The van der Waals surface area contributed by atoms with Crippen molar-refractivity contribution in [2.24, 2.45) is 7.05 Å². The van der Waals surface area contributed by atoms with Crippen molar-refractivity contribution in [3.05, 3.63) is 60.9 Å². The quantitative estimate of drug-likeness (QED) is 0.496. The summed E-state index contributed by atoms with van der Waals surface area (Å²) >= 11 is 0. The van der Waals surface area contributed by atoms with Crippen molar-refractivity contribution in [3.8, 4) is 11.3 Å². The van der Waals surface area contributed by atoms with Crippen molar-refractivity contribution in [2.45, 2.75) is 18.9 Å². The normalized spacial score (nSPS) is 16.7. The van der Waals surface area contributed by atoms with Gasteiger partial charge in [-0.2, -0.15) is 0 Å². The van der Waals surface area contributed by atoms with Gasteiger partial charge in [-0.05, 0) is 37.1 Å². The number of hydrogen-bond acceptors (Lipinski definition) is 7. The van der Waals surface area contributed by atoms with Crippen LogP contribution in [-0.4, -0.2) is 67.5 Å². The van der Waals surface area contributed by atoms with Crippen LogP contribution in [0, 0.1) is 0 Å². The first-order valence-electron chi connectivity index (χ1n) is 11.6. The number of fused-ring (bicyclic) bond motifs is 1. The first-order valence-corrected chi connectivity index (χ1v) is 11.6. The molecule has 2 fully saturated rings. The van der Waals surface area contributed by atoms with E-state index in [4.69, 9.17) is 0 Å². The molecule has 1 N–H and O–H groups in total. The highest BCUT2D eigenvalue weighted by Crippen LogP contribution is 2.28. The topological polar surface area (TPSA) is 92.1 Å². The van der Waals surface area contributed by atoms with E-state index in [-0.39, 0.29) is 5.91 Å². The summed E-state index contributed by atoms with van der Waals surface area (Å²) in [6, 6.07) is 8.27. The fourth-order valence-electron chi connectivity index (χ4n) is 4.55. The Morgan fingerprint density at radius 2 is 1.85 bits per heavy atom. The SMILES string of the molecule is Cn1cncc1-c1cnc2cnc(NC(=O)c3ccnc(N4CCN(C5CC5)CC4)c3)cc2c1. The molecule has 6 rings (SSSR count). The van der Waals surface area contributed by atoms with Gasteiger partial charge < -0.3 is 14.8 Å². The largest absolute Gasteiger partial charge is 0.354 e. The summed E-state index contributed by atoms with van der Waals surface area (Å²) in [6.45, 7) is 3.98. The number of nitrogens with one attached hydrogen (secondary N) is 1. The van der Waals surface area contributed by atoms with Crippen LogP contribution >= 0.6 is 0 Å². The lowest BCUT2D eigenvalue weighted by Crippen LogP contribution is -2.47. The average Bonchev–Trinajstić information content (AvgIpc) is 3.64. The van der Waals surface area contributed by atoms with Crippen LogP contribution < -0.4 is 10.2 Å². The van der Waals surface area contributed by atoms with Crippen molar-refractivity contribution in [3.63, 3.8) is 0 Å². The fourth-order valence-corrected chi connectivity index (χ4v) is 4.55. The van der Waals surface area contributed by atoms with Gasteiger partial charge in [0.2, 0.25) is 0 Å². The van der Waals surface area contributed by atoms with Gasteiger partial charge in [0, 0.05) is 68.2 Å². The number of piperazine rings is 1. The molecule has 2 aliphatic rings. The number of hydrogen-bond donors (Lipinski definition) is 1. The number of anilines is 2. The van der Waals surface area contributed by atoms with E-state index in [1.165, 1.54) is 12.8 Å². The third kappa shape index (κ3) is 4.10. The molecular formula is C25H26N8O. The molecule has 0 bridgehead atoms. The Balaban J connectivity index is 1.18. The predicted octanol–water partition coefficient (Wildman–Crippen LogP) is 2.96. The fraction of sp³-hybridized carbons (Fsp3) is 0.320. The van der Waals surface area contributed by atoms with Gasteiger partial charge in [-0.1, -0.05) is 0 Å². The van der Waals surface area contributed by atoms with E-state index in [0.717, 1.165) is 60.2 Å². The molecule has 172 valence electrons. The van der Waals surface area contributed by atoms with Crippen molar-refractivity contribution in [2.75, 3.05) is 36.4 Å². The minimum atomic E-state index is -0.206. The molecule has 0 atom stereocenters. The number of amides is 1. The van der Waals surface area contributed by atoms with Crippen LogP contribution in [0.25, 0.3) is 22.2 Å². The first-order chi connectivity index (χ1) is 16.6. The number of aryl methyl sites for hydroxylation is 1. The summed E-state index contributed by atoms with van der Waals surface area (Å²) in [5.74, 6) is 1.13. The number of pyridine rings is 3. The summed E-state index contributed by atoms with van der Waals surface area (Å²) in [6.07, 6.45) is 11.4. The number of carbonyl (C=O) groups excluding carboxylic acids is 1. The molecule has 9 nitrogen and oxygen atoms in total. The van der Waals surface area contributed by atoms with Gasteiger partial charge >= 0.3 is 0 Å². The number of nitrogens with zero attached hydrogens (tertiary/aromatic N) is 7. The van der Waals surface area contributed by atoms with Crippen LogP contribution in [0.5, 0.6) is 0 Å². The highest BCUT2D eigenvalue weighted by atomic mass is 16.1. The Hall–Kier alpha value is -3.85. The van der Waals surface area contributed by atoms with Gasteiger partial charge in [-0.15, -0.1) is 0 Å². The first kappa shape index (κ1) is 20.7. The monoisotopic (exact) mass is 454 g/mol. The molecule has 1 saturated carbocycles. The highest BCUT2D eigenvalue weighted by Gasteiger charge is 2.31. The minimum absolute atomic E-state index is 0.206. The summed E-state index contributed by atoms with van der Waals surface area (Å²) in [5.41, 5.74) is 3.26. The molecule has 34 heavy (non-hydrogen) atoms. The van der Waals surface area contributed by atoms with Gasteiger partial charge in [-0.25, -0.2) is 15.0 Å². The second-order valence-electron chi connectivity index (χ2n) is 8.99. The van der Waals surface area contributed by atoms with Crippen molar-refractivity contribution in [1.29, 1.82) is 0 Å². The number of aromatic nitrogens is 5. The molecule has 9 heteroatoms. The standard InChI is InChI=1S/C25H26N8O/c1-31-16-26-15-22(31)19-10-18-11-23(29-14-21(18)28-13-19)30-25(34)17-4-5-27-24(12-17)33-8-6-32(7-9-33)20-2-3-20/h4-5,10-16,20H,2-3,6-9H2,1H3,(H,29,30,34). The summed E-state index contributed by atoms with van der Waals surface area (Å²) in [5, 5.41) is 3.82. The molecule has 0 spiro atoms. The van der Waals surface area contributed by atoms with E-state index < -0.39 is 0 Å². The van der Waals surface area contributed by atoms with Gasteiger partial charge in [0.25, 0.3) is 5.91 Å². The maximum atomic E-state index is 13.0. The second-order valence-corrected chi connectivity index (χ2v) is 8.99. The second kappa shape index (κ2) is 8.49. The number of rotatable bonds is 5. The Morgan fingerprint density at radius 1 is 1.00 bits per heavy atom. The molecule has 4 aromatic rings. The smallest absolute Gasteiger partial charge is 0.257 e. The van der Waals surface area contributed by atoms with Gasteiger partial charge in [0.15, 0.2) is 0 Å². The maximum absolute atomic E-state index is 13.0. The van der Waals surface area contributed by atoms with Gasteiger partial charge in [0.05, 0.1) is 29.9 Å². The van der Waals surface area contributed by atoms with E-state index in [2.05, 4.69) is 35.1 Å². The zero-order valence-electron chi connectivity index (χ0n) is 19.1. The van der Waals surface area contributed by atoms with Crippen LogP contribution in [0.4, 0.5) is 11.6 Å². The molecule has 1 aliphatic carbocycles.